The number of amides is 1. The van der Waals surface area contributed by atoms with Gasteiger partial charge in [0.05, 0.1) is 5.92 Å². The van der Waals surface area contributed by atoms with Crippen molar-refractivity contribution in [2.24, 2.45) is 11.7 Å². The summed E-state index contributed by atoms with van der Waals surface area (Å²) in [5.74, 6) is -0.177. The zero-order valence-corrected chi connectivity index (χ0v) is 8.97. The molecule has 0 saturated heterocycles. The first-order chi connectivity index (χ1) is 6.07. The largest absolute Gasteiger partial charge is 0.369 e. The molecule has 0 fully saturated rings. The standard InChI is InChI=1S/C10H22N2O/c1-4-5-6-9(10(11)13)7-12-8(2)3/h8-9,12H,4-7H2,1-3H3,(H2,11,13). The van der Waals surface area contributed by atoms with Gasteiger partial charge < -0.3 is 11.1 Å². The van der Waals surface area contributed by atoms with E-state index < -0.39 is 0 Å². The Labute approximate surface area is 81.1 Å². The van der Waals surface area contributed by atoms with Crippen LogP contribution in [-0.4, -0.2) is 18.5 Å². The minimum absolute atomic E-state index is 0.00218. The molecule has 0 aromatic heterocycles. The van der Waals surface area contributed by atoms with Gasteiger partial charge in [0, 0.05) is 12.6 Å². The molecule has 0 saturated carbocycles. The number of hydrogen-bond acceptors (Lipinski definition) is 2. The third kappa shape index (κ3) is 6.58. The van der Waals surface area contributed by atoms with Crippen LogP contribution in [0.3, 0.4) is 0 Å². The molecule has 0 aromatic carbocycles. The average Bonchev–Trinajstić information content (AvgIpc) is 2.03. The van der Waals surface area contributed by atoms with Gasteiger partial charge in [-0.2, -0.15) is 0 Å². The SMILES string of the molecule is CCCCC(CNC(C)C)C(N)=O. The summed E-state index contributed by atoms with van der Waals surface area (Å²) in [5.41, 5.74) is 5.28. The number of carbonyl (C=O) groups excluding carboxylic acids is 1. The van der Waals surface area contributed by atoms with Crippen LogP contribution in [0.4, 0.5) is 0 Å². The van der Waals surface area contributed by atoms with Gasteiger partial charge >= 0.3 is 0 Å². The van der Waals surface area contributed by atoms with Crippen molar-refractivity contribution in [3.05, 3.63) is 0 Å². The zero-order valence-electron chi connectivity index (χ0n) is 8.97. The molecule has 1 unspecified atom stereocenters. The van der Waals surface area contributed by atoms with Gasteiger partial charge in [-0.15, -0.1) is 0 Å². The van der Waals surface area contributed by atoms with Crippen molar-refractivity contribution in [3.63, 3.8) is 0 Å². The van der Waals surface area contributed by atoms with Gasteiger partial charge in [-0.3, -0.25) is 4.79 Å². The van der Waals surface area contributed by atoms with Crippen molar-refractivity contribution in [2.45, 2.75) is 46.1 Å². The summed E-state index contributed by atoms with van der Waals surface area (Å²) >= 11 is 0. The highest BCUT2D eigenvalue weighted by molar-refractivity contribution is 5.76. The lowest BCUT2D eigenvalue weighted by Gasteiger charge is -2.15. The Morgan fingerprint density at radius 3 is 2.46 bits per heavy atom. The van der Waals surface area contributed by atoms with E-state index in [4.69, 9.17) is 5.73 Å². The molecule has 0 radical (unpaired) electrons. The Morgan fingerprint density at radius 1 is 1.46 bits per heavy atom. The van der Waals surface area contributed by atoms with Crippen LogP contribution < -0.4 is 11.1 Å². The molecular weight excluding hydrogens is 164 g/mol. The summed E-state index contributed by atoms with van der Waals surface area (Å²) < 4.78 is 0. The molecule has 0 aliphatic carbocycles. The van der Waals surface area contributed by atoms with Crippen molar-refractivity contribution < 1.29 is 4.79 Å². The van der Waals surface area contributed by atoms with Gasteiger partial charge in [0.1, 0.15) is 0 Å². The maximum Gasteiger partial charge on any atom is 0.221 e. The second kappa shape index (κ2) is 6.89. The molecule has 3 N–H and O–H groups in total. The van der Waals surface area contributed by atoms with E-state index in [1.54, 1.807) is 0 Å². The van der Waals surface area contributed by atoms with Crippen LogP contribution in [0.1, 0.15) is 40.0 Å². The molecule has 0 bridgehead atoms. The van der Waals surface area contributed by atoms with E-state index in [0.717, 1.165) is 19.3 Å². The number of rotatable bonds is 7. The molecule has 0 heterocycles. The van der Waals surface area contributed by atoms with E-state index in [1.807, 2.05) is 0 Å². The van der Waals surface area contributed by atoms with E-state index in [2.05, 4.69) is 26.1 Å². The molecule has 3 heteroatoms. The van der Waals surface area contributed by atoms with E-state index >= 15 is 0 Å². The highest BCUT2D eigenvalue weighted by Gasteiger charge is 2.14. The summed E-state index contributed by atoms with van der Waals surface area (Å²) in [6, 6.07) is 0.420. The Kier molecular flexibility index (Phi) is 6.59. The molecule has 0 rings (SSSR count). The third-order valence-electron chi connectivity index (χ3n) is 2.08. The first-order valence-corrected chi connectivity index (χ1v) is 5.10. The van der Waals surface area contributed by atoms with Crippen LogP contribution >= 0.6 is 0 Å². The quantitative estimate of drug-likeness (QED) is 0.629. The fourth-order valence-corrected chi connectivity index (χ4v) is 1.17. The molecule has 1 amide bonds. The first kappa shape index (κ1) is 12.4. The third-order valence-corrected chi connectivity index (χ3v) is 2.08. The van der Waals surface area contributed by atoms with Crippen LogP contribution in [0.2, 0.25) is 0 Å². The topological polar surface area (TPSA) is 55.1 Å². The van der Waals surface area contributed by atoms with Crippen molar-refractivity contribution in [1.29, 1.82) is 0 Å². The van der Waals surface area contributed by atoms with Crippen molar-refractivity contribution in [2.75, 3.05) is 6.54 Å². The Hall–Kier alpha value is -0.570. The average molecular weight is 186 g/mol. The van der Waals surface area contributed by atoms with Crippen molar-refractivity contribution in [1.82, 2.24) is 5.32 Å². The zero-order chi connectivity index (χ0) is 10.3. The Bertz CT molecular complexity index is 146. The van der Waals surface area contributed by atoms with Gasteiger partial charge in [0.15, 0.2) is 0 Å². The number of nitrogens with one attached hydrogen (secondary N) is 1. The molecule has 78 valence electrons. The van der Waals surface area contributed by atoms with Crippen molar-refractivity contribution >= 4 is 5.91 Å². The first-order valence-electron chi connectivity index (χ1n) is 5.10. The lowest BCUT2D eigenvalue weighted by Crippen LogP contribution is -2.36. The molecule has 3 nitrogen and oxygen atoms in total. The molecule has 0 aliphatic heterocycles. The molecule has 1 atom stereocenters. The second-order valence-electron chi connectivity index (χ2n) is 3.80. The Morgan fingerprint density at radius 2 is 2.08 bits per heavy atom. The van der Waals surface area contributed by atoms with Gasteiger partial charge in [-0.05, 0) is 6.42 Å². The summed E-state index contributed by atoms with van der Waals surface area (Å²) in [4.78, 5) is 11.0. The molecular formula is C10H22N2O. The van der Waals surface area contributed by atoms with E-state index in [1.165, 1.54) is 0 Å². The van der Waals surface area contributed by atoms with Crippen molar-refractivity contribution in [3.8, 4) is 0 Å². The summed E-state index contributed by atoms with van der Waals surface area (Å²) in [6.07, 6.45) is 3.10. The lowest BCUT2D eigenvalue weighted by atomic mass is 10.0. The van der Waals surface area contributed by atoms with Gasteiger partial charge in [-0.25, -0.2) is 0 Å². The smallest absolute Gasteiger partial charge is 0.221 e. The van der Waals surface area contributed by atoms with E-state index in [0.29, 0.717) is 12.6 Å². The second-order valence-corrected chi connectivity index (χ2v) is 3.80. The number of unbranched alkanes of at least 4 members (excludes halogenated alkanes) is 1. The van der Waals surface area contributed by atoms with Gasteiger partial charge in [-0.1, -0.05) is 33.6 Å². The molecule has 0 aliphatic rings. The van der Waals surface area contributed by atoms with Crippen LogP contribution in [0.5, 0.6) is 0 Å². The fourth-order valence-electron chi connectivity index (χ4n) is 1.17. The summed E-state index contributed by atoms with van der Waals surface area (Å²) in [7, 11) is 0. The highest BCUT2D eigenvalue weighted by atomic mass is 16.1. The monoisotopic (exact) mass is 186 g/mol. The van der Waals surface area contributed by atoms with E-state index in [9.17, 15) is 4.79 Å². The molecule has 13 heavy (non-hydrogen) atoms. The Balaban J connectivity index is 3.74. The number of primary amides is 1. The molecule has 0 spiro atoms. The van der Waals surface area contributed by atoms with Crippen LogP contribution in [0.15, 0.2) is 0 Å². The normalized spacial score (nSPS) is 13.2. The lowest BCUT2D eigenvalue weighted by molar-refractivity contribution is -0.121. The summed E-state index contributed by atoms with van der Waals surface area (Å²) in [5, 5.41) is 3.23. The highest BCUT2D eigenvalue weighted by Crippen LogP contribution is 2.06. The predicted molar refractivity (Wildman–Crippen MR) is 55.3 cm³/mol. The maximum atomic E-state index is 11.0. The number of nitrogens with two attached hydrogens (primary N) is 1. The molecule has 0 aromatic rings. The summed E-state index contributed by atoms with van der Waals surface area (Å²) in [6.45, 7) is 6.97. The van der Waals surface area contributed by atoms with E-state index in [-0.39, 0.29) is 11.8 Å². The number of carbonyl (C=O) groups is 1. The fraction of sp³-hybridized carbons (Fsp3) is 0.900. The van der Waals surface area contributed by atoms with Crippen LogP contribution in [0, 0.1) is 5.92 Å². The van der Waals surface area contributed by atoms with Crippen LogP contribution in [0.25, 0.3) is 0 Å². The minimum atomic E-state index is -0.179. The van der Waals surface area contributed by atoms with Gasteiger partial charge in [0.25, 0.3) is 0 Å². The number of hydrogen-bond donors (Lipinski definition) is 2. The maximum absolute atomic E-state index is 11.0. The predicted octanol–water partition coefficient (Wildman–Crippen LogP) is 1.28. The minimum Gasteiger partial charge on any atom is -0.369 e. The van der Waals surface area contributed by atoms with Gasteiger partial charge in [0.2, 0.25) is 5.91 Å². The van der Waals surface area contributed by atoms with Crippen LogP contribution in [-0.2, 0) is 4.79 Å².